The van der Waals surface area contributed by atoms with Crippen LogP contribution in [0.25, 0.3) is 94.4 Å². The van der Waals surface area contributed by atoms with Crippen molar-refractivity contribution in [1.82, 2.24) is 14.5 Å². The van der Waals surface area contributed by atoms with E-state index < -0.39 is 0 Å². The lowest BCUT2D eigenvalue weighted by Crippen LogP contribution is -1.96. The van der Waals surface area contributed by atoms with Crippen LogP contribution in [0, 0.1) is 0 Å². The van der Waals surface area contributed by atoms with E-state index >= 15 is 0 Å². The number of rotatable bonds is 6. The lowest BCUT2D eigenvalue weighted by atomic mass is 9.95. The highest BCUT2D eigenvalue weighted by atomic mass is 15.0. The van der Waals surface area contributed by atoms with E-state index in [9.17, 15) is 0 Å². The summed E-state index contributed by atoms with van der Waals surface area (Å²) in [6.45, 7) is 0. The van der Waals surface area contributed by atoms with Gasteiger partial charge in [0.15, 0.2) is 5.82 Å². The number of nitrogens with zero attached hydrogens (tertiary/aromatic N) is 3. The minimum absolute atomic E-state index is 0.707. The van der Waals surface area contributed by atoms with E-state index in [1.54, 1.807) is 0 Å². The predicted molar refractivity (Wildman–Crippen MR) is 221 cm³/mol. The number of fused-ring (bicyclic) bond motifs is 4. The minimum Gasteiger partial charge on any atom is -0.309 e. The Labute approximate surface area is 308 Å². The third kappa shape index (κ3) is 5.56. The minimum atomic E-state index is 0.707. The molecule has 0 saturated heterocycles. The fourth-order valence-corrected chi connectivity index (χ4v) is 7.60. The average Bonchev–Trinajstić information content (AvgIpc) is 3.58. The number of hydrogen-bond donors (Lipinski definition) is 0. The Morgan fingerprint density at radius 3 is 1.32 bits per heavy atom. The summed E-state index contributed by atoms with van der Waals surface area (Å²) in [5.41, 5.74) is 14.4. The fraction of sp³-hybridized carbons (Fsp3) is 0. The molecular formula is C50H33N3. The first-order valence-electron chi connectivity index (χ1n) is 18.0. The topological polar surface area (TPSA) is 30.7 Å². The van der Waals surface area contributed by atoms with Crippen molar-refractivity contribution in [2.24, 2.45) is 0 Å². The Morgan fingerprint density at radius 2 is 0.736 bits per heavy atom. The molecule has 248 valence electrons. The van der Waals surface area contributed by atoms with Gasteiger partial charge >= 0.3 is 0 Å². The van der Waals surface area contributed by atoms with E-state index in [0.29, 0.717) is 5.82 Å². The summed E-state index contributed by atoms with van der Waals surface area (Å²) in [4.78, 5) is 10.4. The van der Waals surface area contributed by atoms with Gasteiger partial charge in [0.25, 0.3) is 0 Å². The monoisotopic (exact) mass is 675 g/mol. The lowest BCUT2D eigenvalue weighted by Gasteiger charge is -2.13. The summed E-state index contributed by atoms with van der Waals surface area (Å²) in [6.07, 6.45) is 0. The molecule has 0 spiro atoms. The van der Waals surface area contributed by atoms with Gasteiger partial charge in [0, 0.05) is 33.0 Å². The molecule has 0 aliphatic heterocycles. The van der Waals surface area contributed by atoms with Crippen molar-refractivity contribution in [3.8, 4) is 61.7 Å². The standard InChI is InChI=1S/C50H33N3/c1-3-13-34(14-4-1)39-31-40(35-15-5-2-6-16-35)33-41(32-39)50-51-46-20-10-7-19-45(46)49(52-50)38-25-23-36(24-26-38)37-27-29-42(30-28-37)53-47-21-11-8-17-43(47)44-18-9-12-22-48(44)53/h1-33H. The van der Waals surface area contributed by atoms with Crippen LogP contribution in [0.1, 0.15) is 0 Å². The number of hydrogen-bond acceptors (Lipinski definition) is 2. The van der Waals surface area contributed by atoms with Gasteiger partial charge in [0.05, 0.1) is 22.2 Å². The molecule has 0 unspecified atom stereocenters. The smallest absolute Gasteiger partial charge is 0.160 e. The molecule has 10 aromatic rings. The van der Waals surface area contributed by atoms with Crippen LogP contribution in [0.15, 0.2) is 200 Å². The first-order valence-corrected chi connectivity index (χ1v) is 18.0. The zero-order chi connectivity index (χ0) is 35.1. The molecule has 10 rings (SSSR count). The molecule has 0 aliphatic carbocycles. The number of aromatic nitrogens is 3. The zero-order valence-corrected chi connectivity index (χ0v) is 28.9. The van der Waals surface area contributed by atoms with E-state index in [2.05, 4.69) is 199 Å². The third-order valence-corrected chi connectivity index (χ3v) is 10.2. The van der Waals surface area contributed by atoms with Gasteiger partial charge in [-0.15, -0.1) is 0 Å². The molecule has 0 fully saturated rings. The fourth-order valence-electron chi connectivity index (χ4n) is 7.60. The molecule has 0 bridgehead atoms. The molecule has 0 amide bonds. The molecule has 2 aromatic heterocycles. The van der Waals surface area contributed by atoms with Crippen molar-refractivity contribution >= 4 is 32.7 Å². The maximum atomic E-state index is 5.29. The first-order chi connectivity index (χ1) is 26.3. The maximum Gasteiger partial charge on any atom is 0.160 e. The Balaban J connectivity index is 1.03. The van der Waals surface area contributed by atoms with E-state index in [-0.39, 0.29) is 0 Å². The highest BCUT2D eigenvalue weighted by Crippen LogP contribution is 2.36. The quantitative estimate of drug-likeness (QED) is 0.176. The van der Waals surface area contributed by atoms with Gasteiger partial charge in [-0.2, -0.15) is 0 Å². The van der Waals surface area contributed by atoms with Crippen LogP contribution in [0.2, 0.25) is 0 Å². The molecule has 0 aliphatic rings. The second-order valence-electron chi connectivity index (χ2n) is 13.4. The Bertz CT molecular complexity index is 2800. The van der Waals surface area contributed by atoms with Gasteiger partial charge in [0.1, 0.15) is 0 Å². The average molecular weight is 676 g/mol. The summed E-state index contributed by atoms with van der Waals surface area (Å²) in [5, 5.41) is 3.56. The zero-order valence-electron chi connectivity index (χ0n) is 28.9. The van der Waals surface area contributed by atoms with Gasteiger partial charge in [-0.05, 0) is 81.9 Å². The van der Waals surface area contributed by atoms with Gasteiger partial charge in [0.2, 0.25) is 0 Å². The van der Waals surface area contributed by atoms with Crippen LogP contribution >= 0.6 is 0 Å². The third-order valence-electron chi connectivity index (χ3n) is 10.2. The van der Waals surface area contributed by atoms with Crippen molar-refractivity contribution < 1.29 is 0 Å². The molecule has 0 saturated carbocycles. The van der Waals surface area contributed by atoms with Crippen LogP contribution in [0.4, 0.5) is 0 Å². The number of para-hydroxylation sites is 3. The predicted octanol–water partition coefficient (Wildman–Crippen LogP) is 13.1. The summed E-state index contributed by atoms with van der Waals surface area (Å²) < 4.78 is 2.35. The maximum absolute atomic E-state index is 5.29. The second kappa shape index (κ2) is 12.9. The molecule has 53 heavy (non-hydrogen) atoms. The summed E-state index contributed by atoms with van der Waals surface area (Å²) >= 11 is 0. The van der Waals surface area contributed by atoms with Crippen molar-refractivity contribution in [2.75, 3.05) is 0 Å². The van der Waals surface area contributed by atoms with E-state index in [4.69, 9.17) is 9.97 Å². The van der Waals surface area contributed by atoms with Crippen LogP contribution in [-0.2, 0) is 0 Å². The van der Waals surface area contributed by atoms with Crippen LogP contribution in [-0.4, -0.2) is 14.5 Å². The second-order valence-corrected chi connectivity index (χ2v) is 13.4. The highest BCUT2D eigenvalue weighted by Gasteiger charge is 2.15. The lowest BCUT2D eigenvalue weighted by molar-refractivity contribution is 1.18. The van der Waals surface area contributed by atoms with Crippen LogP contribution in [0.3, 0.4) is 0 Å². The van der Waals surface area contributed by atoms with Crippen LogP contribution < -0.4 is 0 Å². The first kappa shape index (κ1) is 30.7. The molecule has 2 heterocycles. The van der Waals surface area contributed by atoms with Crippen molar-refractivity contribution in [1.29, 1.82) is 0 Å². The summed E-state index contributed by atoms with van der Waals surface area (Å²) in [5.74, 6) is 0.707. The molecule has 0 N–H and O–H groups in total. The SMILES string of the molecule is c1ccc(-c2cc(-c3ccccc3)cc(-c3nc(-c4ccc(-c5ccc(-n6c7ccccc7c7ccccc76)cc5)cc4)c4ccccc4n3)c2)cc1. The van der Waals surface area contributed by atoms with E-state index in [1.165, 1.54) is 27.4 Å². The highest BCUT2D eigenvalue weighted by molar-refractivity contribution is 6.09. The molecule has 3 nitrogen and oxygen atoms in total. The van der Waals surface area contributed by atoms with E-state index in [1.807, 2.05) is 6.07 Å². The summed E-state index contributed by atoms with van der Waals surface area (Å²) in [6, 6.07) is 70.9. The van der Waals surface area contributed by atoms with Gasteiger partial charge < -0.3 is 4.57 Å². The number of benzene rings is 8. The Morgan fingerprint density at radius 1 is 0.302 bits per heavy atom. The van der Waals surface area contributed by atoms with Crippen molar-refractivity contribution in [3.63, 3.8) is 0 Å². The molecule has 0 atom stereocenters. The van der Waals surface area contributed by atoms with Gasteiger partial charge in [-0.1, -0.05) is 152 Å². The van der Waals surface area contributed by atoms with Gasteiger partial charge in [-0.3, -0.25) is 0 Å². The van der Waals surface area contributed by atoms with Crippen LogP contribution in [0.5, 0.6) is 0 Å². The van der Waals surface area contributed by atoms with Crippen molar-refractivity contribution in [3.05, 3.63) is 200 Å². The molecule has 3 heteroatoms. The molecular weight excluding hydrogens is 643 g/mol. The van der Waals surface area contributed by atoms with Gasteiger partial charge in [-0.25, -0.2) is 9.97 Å². The normalized spacial score (nSPS) is 11.4. The summed E-state index contributed by atoms with van der Waals surface area (Å²) in [7, 11) is 0. The Hall–Kier alpha value is -7.10. The van der Waals surface area contributed by atoms with Crippen molar-refractivity contribution in [2.45, 2.75) is 0 Å². The molecule has 8 aromatic carbocycles. The van der Waals surface area contributed by atoms with E-state index in [0.717, 1.165) is 61.2 Å². The largest absolute Gasteiger partial charge is 0.309 e. The molecule has 0 radical (unpaired) electrons. The Kier molecular flexibility index (Phi) is 7.47.